The number of rotatable bonds is 4. The molecule has 1 aliphatic heterocycles. The van der Waals surface area contributed by atoms with Crippen LogP contribution >= 0.6 is 0 Å². The van der Waals surface area contributed by atoms with E-state index >= 15 is 0 Å². The summed E-state index contributed by atoms with van der Waals surface area (Å²) < 4.78 is 16.0. The van der Waals surface area contributed by atoms with Crippen molar-refractivity contribution in [2.75, 3.05) is 12.0 Å². The molecule has 3 heterocycles. The van der Waals surface area contributed by atoms with Crippen molar-refractivity contribution in [3.63, 3.8) is 0 Å². The zero-order valence-corrected chi connectivity index (χ0v) is 14.1. The third-order valence-corrected chi connectivity index (χ3v) is 4.62. The minimum Gasteiger partial charge on any atom is -0.469 e. The average Bonchev–Trinajstić information content (AvgIpc) is 3.41. The van der Waals surface area contributed by atoms with Crippen molar-refractivity contribution in [2.45, 2.75) is 18.4 Å². The van der Waals surface area contributed by atoms with Gasteiger partial charge in [0.2, 0.25) is 5.91 Å². The van der Waals surface area contributed by atoms with Crippen LogP contribution in [0.25, 0.3) is 11.3 Å². The Morgan fingerprint density at radius 1 is 1.08 bits per heavy atom. The number of anilines is 1. The van der Waals surface area contributed by atoms with E-state index in [4.69, 9.17) is 13.6 Å². The molecule has 0 radical (unpaired) electrons. The van der Waals surface area contributed by atoms with Crippen LogP contribution in [-0.4, -0.2) is 25.0 Å². The molecule has 2 aromatic heterocycles. The first-order chi connectivity index (χ1) is 12.7. The molecule has 1 aromatic carbocycles. The lowest BCUT2D eigenvalue weighted by atomic mass is 9.97. The van der Waals surface area contributed by atoms with Crippen LogP contribution in [-0.2, 0) is 14.3 Å². The van der Waals surface area contributed by atoms with Gasteiger partial charge in [0.15, 0.2) is 0 Å². The number of furan rings is 2. The third kappa shape index (κ3) is 2.60. The van der Waals surface area contributed by atoms with Crippen molar-refractivity contribution in [1.29, 1.82) is 0 Å². The highest BCUT2D eigenvalue weighted by Crippen LogP contribution is 2.42. The third-order valence-electron chi connectivity index (χ3n) is 4.62. The van der Waals surface area contributed by atoms with Gasteiger partial charge in [0, 0.05) is 12.0 Å². The predicted octanol–water partition coefficient (Wildman–Crippen LogP) is 3.60. The van der Waals surface area contributed by atoms with Gasteiger partial charge in [0.25, 0.3) is 0 Å². The number of methoxy groups -OCH3 is 1. The second kappa shape index (κ2) is 6.55. The van der Waals surface area contributed by atoms with E-state index in [1.54, 1.807) is 30.5 Å². The SMILES string of the molecule is COC(=O)[C@H]1[C@H](c2ccco2)CC(=O)N1c1ccccc1-c1ccco1. The first-order valence-corrected chi connectivity index (χ1v) is 8.27. The number of para-hydroxylation sites is 1. The molecule has 2 atom stereocenters. The van der Waals surface area contributed by atoms with Crippen LogP contribution in [0.3, 0.4) is 0 Å². The molecule has 6 nitrogen and oxygen atoms in total. The highest BCUT2D eigenvalue weighted by molar-refractivity contribution is 6.06. The first-order valence-electron chi connectivity index (χ1n) is 8.27. The molecule has 4 rings (SSSR count). The number of carbonyl (C=O) groups is 2. The zero-order valence-electron chi connectivity index (χ0n) is 14.1. The lowest BCUT2D eigenvalue weighted by molar-refractivity contribution is -0.142. The van der Waals surface area contributed by atoms with Gasteiger partial charge in [-0.2, -0.15) is 0 Å². The van der Waals surface area contributed by atoms with Crippen molar-refractivity contribution in [3.05, 3.63) is 66.8 Å². The number of hydrogen-bond acceptors (Lipinski definition) is 5. The summed E-state index contributed by atoms with van der Waals surface area (Å²) in [5.74, 6) is 0.159. The number of ether oxygens (including phenoxy) is 1. The summed E-state index contributed by atoms with van der Waals surface area (Å²) in [6.07, 6.45) is 3.27. The van der Waals surface area contributed by atoms with Gasteiger partial charge in [0.05, 0.1) is 31.2 Å². The second-order valence-corrected chi connectivity index (χ2v) is 6.05. The van der Waals surface area contributed by atoms with E-state index < -0.39 is 17.9 Å². The summed E-state index contributed by atoms with van der Waals surface area (Å²) in [5.41, 5.74) is 1.34. The van der Waals surface area contributed by atoms with Gasteiger partial charge < -0.3 is 13.6 Å². The van der Waals surface area contributed by atoms with Gasteiger partial charge in [0.1, 0.15) is 17.6 Å². The summed E-state index contributed by atoms with van der Waals surface area (Å²) in [4.78, 5) is 26.9. The largest absolute Gasteiger partial charge is 0.469 e. The molecule has 1 amide bonds. The fourth-order valence-corrected chi connectivity index (χ4v) is 3.49. The monoisotopic (exact) mass is 351 g/mol. The fraction of sp³-hybridized carbons (Fsp3) is 0.200. The number of carbonyl (C=O) groups excluding carboxylic acids is 2. The van der Waals surface area contributed by atoms with Crippen molar-refractivity contribution in [2.24, 2.45) is 0 Å². The van der Waals surface area contributed by atoms with E-state index in [0.29, 0.717) is 17.2 Å². The maximum Gasteiger partial charge on any atom is 0.329 e. The molecule has 0 spiro atoms. The topological polar surface area (TPSA) is 72.9 Å². The molecule has 1 aliphatic rings. The Morgan fingerprint density at radius 3 is 2.54 bits per heavy atom. The summed E-state index contributed by atoms with van der Waals surface area (Å²) >= 11 is 0. The summed E-state index contributed by atoms with van der Waals surface area (Å²) in [6, 6.07) is 13.7. The van der Waals surface area contributed by atoms with Gasteiger partial charge in [-0.1, -0.05) is 12.1 Å². The van der Waals surface area contributed by atoms with Crippen LogP contribution in [0.1, 0.15) is 18.1 Å². The summed E-state index contributed by atoms with van der Waals surface area (Å²) in [5, 5.41) is 0. The van der Waals surface area contributed by atoms with E-state index in [0.717, 1.165) is 5.56 Å². The molecule has 0 unspecified atom stereocenters. The summed E-state index contributed by atoms with van der Waals surface area (Å²) in [7, 11) is 1.32. The Balaban J connectivity index is 1.83. The lowest BCUT2D eigenvalue weighted by Crippen LogP contribution is -2.42. The van der Waals surface area contributed by atoms with Crippen molar-refractivity contribution in [3.8, 4) is 11.3 Å². The Labute approximate surface area is 150 Å². The minimum atomic E-state index is -0.797. The van der Waals surface area contributed by atoms with Gasteiger partial charge in [-0.25, -0.2) is 4.79 Å². The van der Waals surface area contributed by atoms with Crippen LogP contribution < -0.4 is 4.90 Å². The Kier molecular flexibility index (Phi) is 4.08. The molecule has 3 aromatic rings. The number of benzene rings is 1. The Hall–Kier alpha value is -3.28. The van der Waals surface area contributed by atoms with Crippen LogP contribution in [0.2, 0.25) is 0 Å². The van der Waals surface area contributed by atoms with Crippen LogP contribution in [0.4, 0.5) is 5.69 Å². The molecular formula is C20H17NO5. The average molecular weight is 351 g/mol. The van der Waals surface area contributed by atoms with Gasteiger partial charge in [-0.05, 0) is 36.4 Å². The molecular weight excluding hydrogens is 334 g/mol. The normalized spacial score (nSPS) is 19.7. The molecule has 1 fully saturated rings. The maximum absolute atomic E-state index is 12.9. The molecule has 1 saturated heterocycles. The summed E-state index contributed by atoms with van der Waals surface area (Å²) in [6.45, 7) is 0. The number of amides is 1. The van der Waals surface area contributed by atoms with Crippen LogP contribution in [0.5, 0.6) is 0 Å². The molecule has 26 heavy (non-hydrogen) atoms. The van der Waals surface area contributed by atoms with E-state index in [9.17, 15) is 9.59 Å². The van der Waals surface area contributed by atoms with E-state index in [2.05, 4.69) is 0 Å². The fourth-order valence-electron chi connectivity index (χ4n) is 3.49. The number of nitrogens with zero attached hydrogens (tertiary/aromatic N) is 1. The van der Waals surface area contributed by atoms with E-state index in [1.807, 2.05) is 24.3 Å². The van der Waals surface area contributed by atoms with Crippen molar-refractivity contribution >= 4 is 17.6 Å². The van der Waals surface area contributed by atoms with Crippen LogP contribution in [0.15, 0.2) is 69.9 Å². The smallest absolute Gasteiger partial charge is 0.329 e. The molecule has 132 valence electrons. The molecule has 0 N–H and O–H groups in total. The number of esters is 1. The molecule has 0 bridgehead atoms. The van der Waals surface area contributed by atoms with Gasteiger partial charge in [-0.3, -0.25) is 9.69 Å². The maximum atomic E-state index is 12.9. The molecule has 6 heteroatoms. The Morgan fingerprint density at radius 2 is 1.85 bits per heavy atom. The van der Waals surface area contributed by atoms with E-state index in [-0.39, 0.29) is 12.3 Å². The second-order valence-electron chi connectivity index (χ2n) is 6.05. The van der Waals surface area contributed by atoms with Gasteiger partial charge >= 0.3 is 5.97 Å². The quantitative estimate of drug-likeness (QED) is 0.672. The van der Waals surface area contributed by atoms with Crippen LogP contribution in [0, 0.1) is 0 Å². The molecule has 0 saturated carbocycles. The standard InChI is InChI=1S/C20H17NO5/c1-24-20(23)19-14(17-9-5-11-26-17)12-18(22)21(19)15-7-3-2-6-13(15)16-8-4-10-25-16/h2-11,14,19H,12H2,1H3/t14-,19+/m0/s1. The van der Waals surface area contributed by atoms with Crippen molar-refractivity contribution < 1.29 is 23.2 Å². The van der Waals surface area contributed by atoms with E-state index in [1.165, 1.54) is 18.3 Å². The highest BCUT2D eigenvalue weighted by atomic mass is 16.5. The Bertz CT molecular complexity index is 914. The zero-order chi connectivity index (χ0) is 18.1. The number of hydrogen-bond donors (Lipinski definition) is 0. The van der Waals surface area contributed by atoms with Gasteiger partial charge in [-0.15, -0.1) is 0 Å². The van der Waals surface area contributed by atoms with Crippen molar-refractivity contribution in [1.82, 2.24) is 0 Å². The highest BCUT2D eigenvalue weighted by Gasteiger charge is 2.48. The first kappa shape index (κ1) is 16.2. The molecule has 0 aliphatic carbocycles. The lowest BCUT2D eigenvalue weighted by Gasteiger charge is -2.27. The predicted molar refractivity (Wildman–Crippen MR) is 93.5 cm³/mol. The minimum absolute atomic E-state index is 0.166.